The Labute approximate surface area is 136 Å². The normalized spacial score (nSPS) is 23.8. The molecule has 1 N–H and O–H groups in total. The van der Waals surface area contributed by atoms with Gasteiger partial charge in [-0.15, -0.1) is 0 Å². The van der Waals surface area contributed by atoms with Gasteiger partial charge in [-0.2, -0.15) is 0 Å². The smallest absolute Gasteiger partial charge is 0.317 e. The maximum Gasteiger partial charge on any atom is 0.317 e. The number of hydrogen-bond donors (Lipinski definition) is 1. The molecule has 1 aromatic rings. The number of fused-ring (bicyclic) bond motifs is 1. The molecule has 1 saturated heterocycles. The zero-order valence-corrected chi connectivity index (χ0v) is 13.6. The molecule has 1 aromatic carbocycles. The molecule has 5 nitrogen and oxygen atoms in total. The number of likely N-dealkylation sites (tertiary alicyclic amines) is 1. The van der Waals surface area contributed by atoms with Crippen molar-refractivity contribution in [2.24, 2.45) is 0 Å². The lowest BCUT2D eigenvalue weighted by molar-refractivity contribution is -0.138. The molecule has 5 heteroatoms. The molecule has 1 heterocycles. The fourth-order valence-electron chi connectivity index (χ4n) is 3.78. The summed E-state index contributed by atoms with van der Waals surface area (Å²) in [4.78, 5) is 27.5. The average molecular weight is 316 g/mol. The number of benzene rings is 1. The van der Waals surface area contributed by atoms with Crippen LogP contribution in [0.25, 0.3) is 0 Å². The van der Waals surface area contributed by atoms with Crippen LogP contribution in [0.3, 0.4) is 0 Å². The molecule has 0 aromatic heterocycles. The first-order valence-electron chi connectivity index (χ1n) is 8.35. The number of carbonyl (C=O) groups excluding carboxylic acids is 1. The Hall–Kier alpha value is -1.88. The summed E-state index contributed by atoms with van der Waals surface area (Å²) in [5.41, 5.74) is 2.47. The van der Waals surface area contributed by atoms with Gasteiger partial charge in [0.25, 0.3) is 0 Å². The van der Waals surface area contributed by atoms with Crippen LogP contribution in [0, 0.1) is 0 Å². The molecular weight excluding hydrogens is 292 g/mol. The van der Waals surface area contributed by atoms with Gasteiger partial charge in [0.2, 0.25) is 5.91 Å². The van der Waals surface area contributed by atoms with E-state index >= 15 is 0 Å². The second-order valence-electron chi connectivity index (χ2n) is 6.67. The van der Waals surface area contributed by atoms with Gasteiger partial charge in [0, 0.05) is 19.1 Å². The highest BCUT2D eigenvalue weighted by atomic mass is 16.4. The van der Waals surface area contributed by atoms with Crippen LogP contribution in [0.4, 0.5) is 0 Å². The Bertz CT molecular complexity index is 602. The van der Waals surface area contributed by atoms with Crippen molar-refractivity contribution in [1.82, 2.24) is 9.80 Å². The molecular formula is C18H24N2O3. The summed E-state index contributed by atoms with van der Waals surface area (Å²) < 4.78 is 0. The lowest BCUT2D eigenvalue weighted by Crippen LogP contribution is -2.41. The average Bonchev–Trinajstić information content (AvgIpc) is 2.73. The van der Waals surface area contributed by atoms with Crippen LogP contribution in [-0.4, -0.2) is 59.5 Å². The van der Waals surface area contributed by atoms with Gasteiger partial charge in [-0.1, -0.05) is 24.3 Å². The van der Waals surface area contributed by atoms with E-state index < -0.39 is 5.97 Å². The van der Waals surface area contributed by atoms with Crippen molar-refractivity contribution in [3.05, 3.63) is 35.4 Å². The molecule has 2 unspecified atom stereocenters. The number of carboxylic acids is 1. The number of aliphatic carboxylic acids is 1. The Morgan fingerprint density at radius 1 is 1.26 bits per heavy atom. The molecule has 1 amide bonds. The van der Waals surface area contributed by atoms with E-state index in [1.54, 1.807) is 0 Å². The molecule has 2 atom stereocenters. The quantitative estimate of drug-likeness (QED) is 0.919. The fraction of sp³-hybridized carbons (Fsp3) is 0.556. The van der Waals surface area contributed by atoms with Crippen molar-refractivity contribution in [2.75, 3.05) is 26.7 Å². The minimum absolute atomic E-state index is 0.0273. The number of likely N-dealkylation sites (N-methyl/N-ethyl adjacent to an activating group) is 1. The molecule has 0 bridgehead atoms. The summed E-state index contributed by atoms with van der Waals surface area (Å²) in [6, 6.07) is 8.42. The monoisotopic (exact) mass is 316 g/mol. The molecule has 23 heavy (non-hydrogen) atoms. The highest BCUT2D eigenvalue weighted by molar-refractivity contribution is 5.87. The molecule has 0 spiro atoms. The van der Waals surface area contributed by atoms with Crippen molar-refractivity contribution in [1.29, 1.82) is 0 Å². The topological polar surface area (TPSA) is 60.9 Å². The van der Waals surface area contributed by atoms with Crippen LogP contribution >= 0.6 is 0 Å². The third kappa shape index (κ3) is 3.39. The number of hydrogen-bond acceptors (Lipinski definition) is 3. The first-order valence-corrected chi connectivity index (χ1v) is 8.35. The molecule has 1 aliphatic heterocycles. The van der Waals surface area contributed by atoms with Gasteiger partial charge in [-0.05, 0) is 43.9 Å². The van der Waals surface area contributed by atoms with E-state index in [0.717, 1.165) is 38.8 Å². The van der Waals surface area contributed by atoms with Crippen LogP contribution in [0.5, 0.6) is 0 Å². The summed E-state index contributed by atoms with van der Waals surface area (Å²) in [6.45, 7) is 1.58. The molecule has 1 fully saturated rings. The standard InChI is InChI=1S/C18H24N2O3/c1-19(12-17(21)22)14-6-4-9-20(10-8-14)18(23)16-11-13-5-2-3-7-15(13)16/h2-3,5,7,14,16H,4,6,8-12H2,1H3,(H,21,22). The summed E-state index contributed by atoms with van der Waals surface area (Å²) in [6.07, 6.45) is 3.60. The zero-order valence-electron chi connectivity index (χ0n) is 13.6. The molecule has 1 aliphatic carbocycles. The van der Waals surface area contributed by atoms with E-state index in [4.69, 9.17) is 5.11 Å². The maximum absolute atomic E-state index is 12.8. The summed E-state index contributed by atoms with van der Waals surface area (Å²) in [5, 5.41) is 8.92. The minimum atomic E-state index is -0.796. The minimum Gasteiger partial charge on any atom is -0.480 e. The van der Waals surface area contributed by atoms with Crippen LogP contribution in [0.2, 0.25) is 0 Å². The molecule has 3 rings (SSSR count). The van der Waals surface area contributed by atoms with E-state index in [-0.39, 0.29) is 24.4 Å². The third-order valence-corrected chi connectivity index (χ3v) is 5.17. The van der Waals surface area contributed by atoms with Crippen LogP contribution < -0.4 is 0 Å². The Kier molecular flexibility index (Phi) is 4.66. The first-order chi connectivity index (χ1) is 11.1. The Morgan fingerprint density at radius 2 is 2.04 bits per heavy atom. The van der Waals surface area contributed by atoms with Gasteiger partial charge in [0.05, 0.1) is 12.5 Å². The Morgan fingerprint density at radius 3 is 2.78 bits per heavy atom. The predicted molar refractivity (Wildman–Crippen MR) is 87.4 cm³/mol. The largest absolute Gasteiger partial charge is 0.480 e. The summed E-state index contributed by atoms with van der Waals surface area (Å²) in [7, 11) is 1.86. The lowest BCUT2D eigenvalue weighted by atomic mass is 9.77. The van der Waals surface area contributed by atoms with E-state index in [1.165, 1.54) is 11.1 Å². The van der Waals surface area contributed by atoms with Gasteiger partial charge in [0.1, 0.15) is 0 Å². The SMILES string of the molecule is CN(CC(=O)O)C1CCCN(C(=O)C2Cc3ccccc32)CC1. The maximum atomic E-state index is 12.8. The van der Waals surface area contributed by atoms with Gasteiger partial charge >= 0.3 is 5.97 Å². The van der Waals surface area contributed by atoms with Gasteiger partial charge < -0.3 is 10.0 Å². The number of nitrogens with zero attached hydrogens (tertiary/aromatic N) is 2. The van der Waals surface area contributed by atoms with Crippen molar-refractivity contribution >= 4 is 11.9 Å². The first kappa shape index (κ1) is 16.0. The van der Waals surface area contributed by atoms with Gasteiger partial charge in [0.15, 0.2) is 0 Å². The van der Waals surface area contributed by atoms with Crippen molar-refractivity contribution in [3.63, 3.8) is 0 Å². The van der Waals surface area contributed by atoms with Gasteiger partial charge in [-0.25, -0.2) is 0 Å². The third-order valence-electron chi connectivity index (χ3n) is 5.17. The van der Waals surface area contributed by atoms with E-state index in [9.17, 15) is 9.59 Å². The second kappa shape index (κ2) is 6.71. The molecule has 0 radical (unpaired) electrons. The van der Waals surface area contributed by atoms with E-state index in [1.807, 2.05) is 29.0 Å². The number of rotatable bonds is 4. The number of carbonyl (C=O) groups is 2. The zero-order chi connectivity index (χ0) is 16.4. The summed E-state index contributed by atoms with van der Waals surface area (Å²) in [5.74, 6) is -0.527. The molecule has 124 valence electrons. The predicted octanol–water partition coefficient (Wildman–Crippen LogP) is 1.72. The van der Waals surface area contributed by atoms with E-state index in [2.05, 4.69) is 12.1 Å². The summed E-state index contributed by atoms with van der Waals surface area (Å²) >= 11 is 0. The number of carboxylic acid groups (broad SMARTS) is 1. The number of amides is 1. The van der Waals surface area contributed by atoms with Crippen LogP contribution in [0.15, 0.2) is 24.3 Å². The van der Waals surface area contributed by atoms with Crippen molar-refractivity contribution in [3.8, 4) is 0 Å². The van der Waals surface area contributed by atoms with E-state index in [0.29, 0.717) is 0 Å². The highest BCUT2D eigenvalue weighted by Gasteiger charge is 2.35. The van der Waals surface area contributed by atoms with Crippen molar-refractivity contribution < 1.29 is 14.7 Å². The molecule has 0 saturated carbocycles. The second-order valence-corrected chi connectivity index (χ2v) is 6.67. The highest BCUT2D eigenvalue weighted by Crippen LogP contribution is 2.36. The Balaban J connectivity index is 1.58. The van der Waals surface area contributed by atoms with Crippen LogP contribution in [0.1, 0.15) is 36.3 Å². The van der Waals surface area contributed by atoms with Crippen molar-refractivity contribution in [2.45, 2.75) is 37.6 Å². The molecule has 2 aliphatic rings. The van der Waals surface area contributed by atoms with Gasteiger partial charge in [-0.3, -0.25) is 14.5 Å². The lowest BCUT2D eigenvalue weighted by Gasteiger charge is -2.33. The fourth-order valence-corrected chi connectivity index (χ4v) is 3.78. The van der Waals surface area contributed by atoms with Crippen LogP contribution in [-0.2, 0) is 16.0 Å².